The predicted octanol–water partition coefficient (Wildman–Crippen LogP) is 7.65. The molecule has 0 saturated carbocycles. The Morgan fingerprint density at radius 3 is 2.24 bits per heavy atom. The van der Waals surface area contributed by atoms with Crippen molar-refractivity contribution in [2.45, 2.75) is 10.1 Å². The maximum atomic E-state index is 13.7. The van der Waals surface area contributed by atoms with Crippen molar-refractivity contribution in [3.05, 3.63) is 142 Å². The van der Waals surface area contributed by atoms with E-state index in [0.717, 1.165) is 15.3 Å². The van der Waals surface area contributed by atoms with Crippen LogP contribution < -0.4 is 25.4 Å². The van der Waals surface area contributed by atoms with E-state index in [4.69, 9.17) is 9.47 Å². The van der Waals surface area contributed by atoms with Crippen LogP contribution in [-0.4, -0.2) is 31.9 Å². The number of thioether (sulfide) groups is 1. The van der Waals surface area contributed by atoms with E-state index in [-0.39, 0.29) is 11.6 Å². The van der Waals surface area contributed by atoms with Crippen LogP contribution in [0.1, 0.15) is 26.0 Å². The van der Waals surface area contributed by atoms with Gasteiger partial charge in [-0.2, -0.15) is 0 Å². The van der Waals surface area contributed by atoms with Crippen molar-refractivity contribution in [1.82, 2.24) is 5.32 Å². The molecule has 1 atom stereocenters. The van der Waals surface area contributed by atoms with Crippen LogP contribution in [0.3, 0.4) is 0 Å². The zero-order valence-corrected chi connectivity index (χ0v) is 26.7. The van der Waals surface area contributed by atoms with Crippen molar-refractivity contribution in [2.24, 2.45) is 0 Å². The third kappa shape index (κ3) is 8.44. The second-order valence-electron chi connectivity index (χ2n) is 9.84. The van der Waals surface area contributed by atoms with Crippen LogP contribution in [0.15, 0.2) is 131 Å². The number of hydrogen-bond acceptors (Lipinski definition) is 7. The summed E-state index contributed by atoms with van der Waals surface area (Å²) in [5, 5.41) is 9.91. The Bertz CT molecular complexity index is 1830. The van der Waals surface area contributed by atoms with Crippen molar-refractivity contribution in [2.75, 3.05) is 24.9 Å². The highest BCUT2D eigenvalue weighted by Crippen LogP contribution is 2.38. The van der Waals surface area contributed by atoms with Gasteiger partial charge in [0, 0.05) is 27.1 Å². The number of hydrogen-bond donors (Lipinski definition) is 3. The summed E-state index contributed by atoms with van der Waals surface area (Å²) in [5.41, 5.74) is 2.35. The zero-order valence-electron chi connectivity index (χ0n) is 25.1. The molecule has 0 fully saturated rings. The van der Waals surface area contributed by atoms with Crippen molar-refractivity contribution < 1.29 is 23.9 Å². The quantitative estimate of drug-likeness (QED) is 0.0948. The average Bonchev–Trinajstić information content (AvgIpc) is 3.61. The lowest BCUT2D eigenvalue weighted by molar-refractivity contribution is -0.116. The Balaban J connectivity index is 1.36. The lowest BCUT2D eigenvalue weighted by Gasteiger charge is -2.19. The summed E-state index contributed by atoms with van der Waals surface area (Å²) in [6.45, 7) is 0. The fourth-order valence-electron chi connectivity index (χ4n) is 4.44. The number of amides is 3. The summed E-state index contributed by atoms with van der Waals surface area (Å²) in [5.74, 6) is -0.0496. The fourth-order valence-corrected chi connectivity index (χ4v) is 6.18. The smallest absolute Gasteiger partial charge is 0.272 e. The topological polar surface area (TPSA) is 106 Å². The maximum absolute atomic E-state index is 13.7. The molecule has 46 heavy (non-hydrogen) atoms. The molecule has 8 nitrogen and oxygen atoms in total. The van der Waals surface area contributed by atoms with Gasteiger partial charge in [0.15, 0.2) is 0 Å². The Hall–Kier alpha value is -5.32. The van der Waals surface area contributed by atoms with Gasteiger partial charge in [-0.3, -0.25) is 14.4 Å². The van der Waals surface area contributed by atoms with Crippen molar-refractivity contribution >= 4 is 58.3 Å². The van der Waals surface area contributed by atoms with Gasteiger partial charge in [0.2, 0.25) is 5.91 Å². The molecule has 0 spiro atoms. The highest BCUT2D eigenvalue weighted by atomic mass is 32.2. The number of carbonyl (C=O) groups excluding carboxylic acids is 3. The number of carbonyl (C=O) groups is 3. The number of benzene rings is 4. The SMILES string of the molecule is COc1ccc(NC(=O)C(Sc2cccc(NC(=O)/C(=C/c3cccs3)NC(=O)c3ccccc3)c2)c2ccccc2)c(OC)c1. The van der Waals surface area contributed by atoms with Gasteiger partial charge in [0.05, 0.1) is 19.9 Å². The first-order chi connectivity index (χ1) is 22.4. The second kappa shape index (κ2) is 15.6. The summed E-state index contributed by atoms with van der Waals surface area (Å²) in [6.07, 6.45) is 1.64. The maximum Gasteiger partial charge on any atom is 0.272 e. The van der Waals surface area contributed by atoms with Crippen molar-refractivity contribution in [3.8, 4) is 11.5 Å². The van der Waals surface area contributed by atoms with Gasteiger partial charge in [-0.15, -0.1) is 23.1 Å². The molecule has 1 aromatic heterocycles. The molecule has 1 unspecified atom stereocenters. The van der Waals surface area contributed by atoms with Crippen LogP contribution in [0.4, 0.5) is 11.4 Å². The van der Waals surface area contributed by atoms with Gasteiger partial charge in [0.1, 0.15) is 22.4 Å². The van der Waals surface area contributed by atoms with E-state index >= 15 is 0 Å². The Kier molecular flexibility index (Phi) is 10.9. The van der Waals surface area contributed by atoms with Gasteiger partial charge in [0.25, 0.3) is 11.8 Å². The molecular weight excluding hydrogens is 619 g/mol. The highest BCUT2D eigenvalue weighted by molar-refractivity contribution is 8.00. The number of thiophene rings is 1. The summed E-state index contributed by atoms with van der Waals surface area (Å²) in [7, 11) is 3.09. The summed E-state index contributed by atoms with van der Waals surface area (Å²) in [6, 6.07) is 34.3. The van der Waals surface area contributed by atoms with E-state index < -0.39 is 17.1 Å². The molecule has 5 aromatic rings. The first kappa shape index (κ1) is 32.1. The van der Waals surface area contributed by atoms with E-state index in [0.29, 0.717) is 28.4 Å². The first-order valence-electron chi connectivity index (χ1n) is 14.2. The molecule has 10 heteroatoms. The number of nitrogens with one attached hydrogen (secondary N) is 3. The van der Waals surface area contributed by atoms with Crippen molar-refractivity contribution in [1.29, 1.82) is 0 Å². The number of rotatable bonds is 12. The van der Waals surface area contributed by atoms with Crippen LogP contribution in [0.5, 0.6) is 11.5 Å². The van der Waals surface area contributed by atoms with Gasteiger partial charge >= 0.3 is 0 Å². The fraction of sp³-hybridized carbons (Fsp3) is 0.0833. The van der Waals surface area contributed by atoms with Gasteiger partial charge < -0.3 is 25.4 Å². The van der Waals surface area contributed by atoms with Crippen LogP contribution in [0, 0.1) is 0 Å². The van der Waals surface area contributed by atoms with Crippen LogP contribution >= 0.6 is 23.1 Å². The summed E-state index contributed by atoms with van der Waals surface area (Å²) < 4.78 is 10.8. The Morgan fingerprint density at radius 1 is 0.783 bits per heavy atom. The Morgan fingerprint density at radius 2 is 1.54 bits per heavy atom. The molecular formula is C36H31N3O5S2. The molecule has 5 rings (SSSR count). The van der Waals surface area contributed by atoms with Crippen LogP contribution in [0.25, 0.3) is 6.08 Å². The molecule has 3 amide bonds. The van der Waals surface area contributed by atoms with E-state index in [1.54, 1.807) is 73.8 Å². The lowest BCUT2D eigenvalue weighted by atomic mass is 10.1. The van der Waals surface area contributed by atoms with Crippen LogP contribution in [-0.2, 0) is 9.59 Å². The first-order valence-corrected chi connectivity index (χ1v) is 16.0. The van der Waals surface area contributed by atoms with E-state index in [1.165, 1.54) is 30.2 Å². The zero-order chi connectivity index (χ0) is 32.3. The molecule has 4 aromatic carbocycles. The molecule has 0 aliphatic carbocycles. The molecule has 0 aliphatic heterocycles. The number of methoxy groups -OCH3 is 2. The van der Waals surface area contributed by atoms with Gasteiger partial charge in [-0.25, -0.2) is 0 Å². The molecule has 3 N–H and O–H groups in total. The van der Waals surface area contributed by atoms with E-state index in [9.17, 15) is 14.4 Å². The standard InChI is InChI=1S/C36H31N3O5S2/c1-43-27-18-19-30(32(22-27)44-2)38-36(42)33(24-11-5-3-6-12-24)46-29-16-9-15-26(21-29)37-35(41)31(23-28-17-10-20-45-28)39-34(40)25-13-7-4-8-14-25/h3-23,33H,1-2H3,(H,37,41)(H,38,42)(H,39,40)/b31-23-. The normalized spacial score (nSPS) is 11.7. The number of anilines is 2. The Labute approximate surface area is 275 Å². The van der Waals surface area contributed by atoms with Gasteiger partial charge in [-0.1, -0.05) is 60.7 Å². The molecule has 232 valence electrons. The third-order valence-electron chi connectivity index (χ3n) is 6.71. The lowest BCUT2D eigenvalue weighted by Crippen LogP contribution is -2.30. The number of ether oxygens (including phenoxy) is 2. The van der Waals surface area contributed by atoms with Crippen molar-refractivity contribution in [3.63, 3.8) is 0 Å². The minimum Gasteiger partial charge on any atom is -0.497 e. The monoisotopic (exact) mass is 649 g/mol. The summed E-state index contributed by atoms with van der Waals surface area (Å²) >= 11 is 2.79. The van der Waals surface area contributed by atoms with Gasteiger partial charge in [-0.05, 0) is 65.6 Å². The third-order valence-corrected chi connectivity index (χ3v) is 8.78. The minimum atomic E-state index is -0.626. The van der Waals surface area contributed by atoms with E-state index in [2.05, 4.69) is 16.0 Å². The second-order valence-corrected chi connectivity index (χ2v) is 12.0. The highest BCUT2D eigenvalue weighted by Gasteiger charge is 2.24. The molecule has 0 aliphatic rings. The molecule has 0 saturated heterocycles. The molecule has 0 radical (unpaired) electrons. The van der Waals surface area contributed by atoms with E-state index in [1.807, 2.05) is 60.0 Å². The van der Waals surface area contributed by atoms with Crippen LogP contribution in [0.2, 0.25) is 0 Å². The predicted molar refractivity (Wildman–Crippen MR) is 184 cm³/mol. The average molecular weight is 650 g/mol. The molecule has 0 bridgehead atoms. The minimum absolute atomic E-state index is 0.101. The largest absolute Gasteiger partial charge is 0.497 e. The summed E-state index contributed by atoms with van der Waals surface area (Å²) in [4.78, 5) is 41.7. The molecule has 1 heterocycles.